The molecule has 0 unspecified atom stereocenters. The van der Waals surface area contributed by atoms with Gasteiger partial charge in [-0.15, -0.1) is 0 Å². The quantitative estimate of drug-likeness (QED) is 0.700. The number of carboxylic acids is 2. The number of rotatable bonds is 2. The molecule has 0 bridgehead atoms. The fourth-order valence-corrected chi connectivity index (χ4v) is 2.13. The maximum Gasteiger partial charge on any atom is 0.339 e. The fourth-order valence-electron chi connectivity index (χ4n) is 2.13. The van der Waals surface area contributed by atoms with Crippen molar-refractivity contribution in [1.29, 1.82) is 0 Å². The van der Waals surface area contributed by atoms with Crippen LogP contribution >= 0.6 is 0 Å². The van der Waals surface area contributed by atoms with E-state index < -0.39 is 17.7 Å². The van der Waals surface area contributed by atoms with Crippen molar-refractivity contribution < 1.29 is 24.9 Å². The van der Waals surface area contributed by atoms with Gasteiger partial charge in [0.2, 0.25) is 0 Å². The first-order chi connectivity index (χ1) is 7.52. The van der Waals surface area contributed by atoms with E-state index in [0.717, 1.165) is 6.42 Å². The van der Waals surface area contributed by atoms with E-state index in [0.29, 0.717) is 24.0 Å². The summed E-state index contributed by atoms with van der Waals surface area (Å²) in [5.41, 5.74) is 0.688. The van der Waals surface area contributed by atoms with Crippen molar-refractivity contribution in [2.24, 2.45) is 0 Å². The Hall–Kier alpha value is -2.04. The lowest BCUT2D eigenvalue weighted by atomic mass is 9.98. The van der Waals surface area contributed by atoms with Crippen LogP contribution in [0.5, 0.6) is 5.75 Å². The topological polar surface area (TPSA) is 94.8 Å². The zero-order chi connectivity index (χ0) is 11.9. The third-order valence-corrected chi connectivity index (χ3v) is 2.82. The first-order valence-electron chi connectivity index (χ1n) is 4.86. The second-order valence-electron chi connectivity index (χ2n) is 3.75. The summed E-state index contributed by atoms with van der Waals surface area (Å²) < 4.78 is 0. The van der Waals surface area contributed by atoms with Gasteiger partial charge in [0.15, 0.2) is 0 Å². The number of fused-ring (bicyclic) bond motifs is 1. The first-order valence-corrected chi connectivity index (χ1v) is 4.86. The van der Waals surface area contributed by atoms with Crippen molar-refractivity contribution in [3.8, 4) is 5.75 Å². The Bertz CT molecular complexity index is 490. The first kappa shape index (κ1) is 10.5. The van der Waals surface area contributed by atoms with E-state index in [-0.39, 0.29) is 11.1 Å². The Labute approximate surface area is 91.0 Å². The highest BCUT2D eigenvalue weighted by Gasteiger charge is 2.27. The maximum atomic E-state index is 11.0. The van der Waals surface area contributed by atoms with Gasteiger partial charge in [-0.25, -0.2) is 9.59 Å². The predicted octanol–water partition coefficient (Wildman–Crippen LogP) is 1.28. The van der Waals surface area contributed by atoms with Gasteiger partial charge in [0.1, 0.15) is 16.9 Å². The summed E-state index contributed by atoms with van der Waals surface area (Å²) in [6.45, 7) is 0. The molecule has 2 rings (SSSR count). The number of carboxylic acid groups (broad SMARTS) is 2. The van der Waals surface area contributed by atoms with Crippen LogP contribution in [0.4, 0.5) is 0 Å². The van der Waals surface area contributed by atoms with Crippen molar-refractivity contribution in [3.05, 3.63) is 28.3 Å². The highest BCUT2D eigenvalue weighted by Crippen LogP contribution is 2.34. The van der Waals surface area contributed by atoms with Crippen LogP contribution in [0.3, 0.4) is 0 Å². The molecule has 0 radical (unpaired) electrons. The maximum absolute atomic E-state index is 11.0. The molecule has 0 aromatic heterocycles. The molecule has 16 heavy (non-hydrogen) atoms. The number of aromatic hydroxyl groups is 1. The minimum absolute atomic E-state index is 0.257. The van der Waals surface area contributed by atoms with Gasteiger partial charge >= 0.3 is 11.9 Å². The SMILES string of the molecule is O=C(O)c1cc2c(c(C(=O)O)c1O)CCC2. The summed E-state index contributed by atoms with van der Waals surface area (Å²) in [5, 5.41) is 27.5. The summed E-state index contributed by atoms with van der Waals surface area (Å²) in [5.74, 6) is -3.23. The monoisotopic (exact) mass is 222 g/mol. The zero-order valence-electron chi connectivity index (χ0n) is 8.36. The van der Waals surface area contributed by atoms with Crippen LogP contribution in [0.1, 0.15) is 38.3 Å². The Kier molecular flexibility index (Phi) is 2.30. The second-order valence-corrected chi connectivity index (χ2v) is 3.75. The summed E-state index contributed by atoms with van der Waals surface area (Å²) in [6.07, 6.45) is 2.03. The van der Waals surface area contributed by atoms with Gasteiger partial charge in [-0.05, 0) is 36.5 Å². The molecular weight excluding hydrogens is 212 g/mol. The lowest BCUT2D eigenvalue weighted by Gasteiger charge is -2.09. The van der Waals surface area contributed by atoms with E-state index in [1.807, 2.05) is 0 Å². The summed E-state index contributed by atoms with van der Waals surface area (Å²) in [7, 11) is 0. The number of hydrogen-bond acceptors (Lipinski definition) is 3. The van der Waals surface area contributed by atoms with E-state index in [2.05, 4.69) is 0 Å². The van der Waals surface area contributed by atoms with Crippen LogP contribution in [0.15, 0.2) is 6.07 Å². The van der Waals surface area contributed by atoms with Gasteiger partial charge in [-0.2, -0.15) is 0 Å². The predicted molar refractivity (Wildman–Crippen MR) is 54.1 cm³/mol. The van der Waals surface area contributed by atoms with Gasteiger partial charge in [-0.1, -0.05) is 0 Å². The molecule has 0 amide bonds. The van der Waals surface area contributed by atoms with Crippen molar-refractivity contribution in [2.75, 3.05) is 0 Å². The molecule has 0 saturated carbocycles. The standard InChI is InChI=1S/C11H10O5/c12-9-7(10(13)14)4-5-2-1-3-6(5)8(9)11(15)16/h4,12H,1-3H2,(H,13,14)(H,15,16). The number of carbonyl (C=O) groups is 2. The minimum atomic E-state index is -1.31. The molecule has 3 N–H and O–H groups in total. The molecule has 84 valence electrons. The van der Waals surface area contributed by atoms with Crippen LogP contribution in [-0.2, 0) is 12.8 Å². The van der Waals surface area contributed by atoms with Crippen LogP contribution in [0, 0.1) is 0 Å². The minimum Gasteiger partial charge on any atom is -0.506 e. The number of aromatic carboxylic acids is 2. The number of phenols is 1. The van der Waals surface area contributed by atoms with Crippen molar-refractivity contribution >= 4 is 11.9 Å². The highest BCUT2D eigenvalue weighted by atomic mass is 16.4. The molecule has 5 nitrogen and oxygen atoms in total. The highest BCUT2D eigenvalue weighted by molar-refractivity contribution is 6.00. The molecule has 0 saturated heterocycles. The largest absolute Gasteiger partial charge is 0.506 e. The normalized spacial score (nSPS) is 13.5. The van der Waals surface area contributed by atoms with Gasteiger partial charge in [-0.3, -0.25) is 0 Å². The molecule has 0 fully saturated rings. The lowest BCUT2D eigenvalue weighted by Crippen LogP contribution is -2.08. The number of aryl methyl sites for hydroxylation is 1. The number of benzene rings is 1. The van der Waals surface area contributed by atoms with Crippen LogP contribution < -0.4 is 0 Å². The van der Waals surface area contributed by atoms with Crippen LogP contribution in [0.2, 0.25) is 0 Å². The van der Waals surface area contributed by atoms with Gasteiger partial charge in [0, 0.05) is 0 Å². The molecule has 5 heteroatoms. The molecule has 1 aromatic carbocycles. The van der Waals surface area contributed by atoms with E-state index >= 15 is 0 Å². The average molecular weight is 222 g/mol. The van der Waals surface area contributed by atoms with Crippen LogP contribution in [0.25, 0.3) is 0 Å². The summed E-state index contributed by atoms with van der Waals surface area (Å²) >= 11 is 0. The molecular formula is C11H10O5. The second kappa shape index (κ2) is 3.52. The van der Waals surface area contributed by atoms with Crippen molar-refractivity contribution in [2.45, 2.75) is 19.3 Å². The summed E-state index contributed by atoms with van der Waals surface area (Å²) in [4.78, 5) is 21.8. The molecule has 0 spiro atoms. The molecule has 1 aromatic rings. The van der Waals surface area contributed by atoms with Crippen molar-refractivity contribution in [1.82, 2.24) is 0 Å². The molecule has 0 aliphatic heterocycles. The Balaban J connectivity index is 2.75. The van der Waals surface area contributed by atoms with Crippen LogP contribution in [-0.4, -0.2) is 27.3 Å². The molecule has 0 atom stereocenters. The lowest BCUT2D eigenvalue weighted by molar-refractivity contribution is 0.0691. The van der Waals surface area contributed by atoms with Gasteiger partial charge in [0.25, 0.3) is 0 Å². The Morgan fingerprint density at radius 2 is 1.81 bits per heavy atom. The van der Waals surface area contributed by atoms with E-state index in [4.69, 9.17) is 10.2 Å². The third-order valence-electron chi connectivity index (χ3n) is 2.82. The van der Waals surface area contributed by atoms with E-state index in [9.17, 15) is 14.7 Å². The fraction of sp³-hybridized carbons (Fsp3) is 0.273. The molecule has 0 heterocycles. The van der Waals surface area contributed by atoms with E-state index in [1.54, 1.807) is 0 Å². The summed E-state index contributed by atoms with van der Waals surface area (Å²) in [6, 6.07) is 1.37. The average Bonchev–Trinajstić information content (AvgIpc) is 2.62. The Morgan fingerprint density at radius 3 is 2.38 bits per heavy atom. The van der Waals surface area contributed by atoms with Gasteiger partial charge in [0.05, 0.1) is 0 Å². The molecule has 1 aliphatic carbocycles. The van der Waals surface area contributed by atoms with E-state index in [1.165, 1.54) is 6.07 Å². The third kappa shape index (κ3) is 1.41. The zero-order valence-corrected chi connectivity index (χ0v) is 8.36. The van der Waals surface area contributed by atoms with Crippen molar-refractivity contribution in [3.63, 3.8) is 0 Å². The van der Waals surface area contributed by atoms with Gasteiger partial charge < -0.3 is 15.3 Å². The number of hydrogen-bond donors (Lipinski definition) is 3. The Morgan fingerprint density at radius 1 is 1.12 bits per heavy atom. The smallest absolute Gasteiger partial charge is 0.339 e. The molecule has 1 aliphatic rings.